The first-order valence-electron chi connectivity index (χ1n) is 5.63. The summed E-state index contributed by atoms with van der Waals surface area (Å²) in [5, 5.41) is 17.7. The Morgan fingerprint density at radius 2 is 1.44 bits per heavy atom. The standard InChI is InChI=1S/C11H24O5/c1-8(2)15-11(16-9(3)4)7-14-6-10(13)5-12/h8-13H,5-7H2,1-4H3. The largest absolute Gasteiger partial charge is 0.394 e. The van der Waals surface area contributed by atoms with Gasteiger partial charge in [-0.2, -0.15) is 0 Å². The molecule has 1 atom stereocenters. The Morgan fingerprint density at radius 3 is 1.81 bits per heavy atom. The third-order valence-corrected chi connectivity index (χ3v) is 1.62. The molecule has 0 aliphatic rings. The van der Waals surface area contributed by atoms with E-state index in [9.17, 15) is 0 Å². The molecule has 5 nitrogen and oxygen atoms in total. The lowest BCUT2D eigenvalue weighted by Gasteiger charge is -2.23. The van der Waals surface area contributed by atoms with Gasteiger partial charge in [-0.25, -0.2) is 0 Å². The molecular weight excluding hydrogens is 212 g/mol. The Hall–Kier alpha value is -0.200. The second-order valence-corrected chi connectivity index (χ2v) is 4.17. The van der Waals surface area contributed by atoms with E-state index >= 15 is 0 Å². The van der Waals surface area contributed by atoms with Crippen molar-refractivity contribution < 1.29 is 24.4 Å². The summed E-state index contributed by atoms with van der Waals surface area (Å²) in [6.07, 6.45) is -1.19. The van der Waals surface area contributed by atoms with Crippen molar-refractivity contribution in [3.05, 3.63) is 0 Å². The third-order valence-electron chi connectivity index (χ3n) is 1.62. The topological polar surface area (TPSA) is 68.2 Å². The minimum atomic E-state index is -0.848. The molecule has 0 amide bonds. The van der Waals surface area contributed by atoms with Crippen molar-refractivity contribution in [2.24, 2.45) is 0 Å². The Morgan fingerprint density at radius 1 is 0.938 bits per heavy atom. The zero-order chi connectivity index (χ0) is 12.6. The summed E-state index contributed by atoms with van der Waals surface area (Å²) in [7, 11) is 0. The molecule has 0 saturated carbocycles. The van der Waals surface area contributed by atoms with E-state index in [1.54, 1.807) is 0 Å². The first kappa shape index (κ1) is 15.8. The van der Waals surface area contributed by atoms with E-state index in [0.717, 1.165) is 0 Å². The summed E-state index contributed by atoms with van der Waals surface area (Å²) in [6.45, 7) is 7.68. The summed E-state index contributed by atoms with van der Waals surface area (Å²) in [6, 6.07) is 0. The number of aliphatic hydroxyl groups is 2. The number of aliphatic hydroxyl groups excluding tert-OH is 2. The van der Waals surface area contributed by atoms with Crippen LogP contribution in [0, 0.1) is 0 Å². The second kappa shape index (κ2) is 8.90. The fourth-order valence-corrected chi connectivity index (χ4v) is 1.07. The fraction of sp³-hybridized carbons (Fsp3) is 1.00. The predicted octanol–water partition coefficient (Wildman–Crippen LogP) is 0.532. The van der Waals surface area contributed by atoms with Gasteiger partial charge < -0.3 is 24.4 Å². The number of rotatable bonds is 9. The molecule has 0 aliphatic heterocycles. The van der Waals surface area contributed by atoms with Gasteiger partial charge in [-0.15, -0.1) is 0 Å². The van der Waals surface area contributed by atoms with Crippen molar-refractivity contribution in [3.8, 4) is 0 Å². The molecule has 16 heavy (non-hydrogen) atoms. The maximum atomic E-state index is 9.08. The molecule has 0 aromatic rings. The van der Waals surface area contributed by atoms with Crippen LogP contribution in [-0.4, -0.2) is 54.6 Å². The van der Waals surface area contributed by atoms with Crippen LogP contribution in [0.25, 0.3) is 0 Å². The van der Waals surface area contributed by atoms with Gasteiger partial charge in [0.1, 0.15) is 6.10 Å². The first-order valence-corrected chi connectivity index (χ1v) is 5.63. The van der Waals surface area contributed by atoms with E-state index in [1.165, 1.54) is 0 Å². The van der Waals surface area contributed by atoms with Crippen molar-refractivity contribution in [1.82, 2.24) is 0 Å². The molecule has 0 fully saturated rings. The Balaban J connectivity index is 3.82. The lowest BCUT2D eigenvalue weighted by atomic mass is 10.4. The minimum absolute atomic E-state index is 0.0510. The molecule has 2 N–H and O–H groups in total. The molecule has 0 aromatic carbocycles. The zero-order valence-corrected chi connectivity index (χ0v) is 10.5. The molecule has 0 bridgehead atoms. The lowest BCUT2D eigenvalue weighted by molar-refractivity contribution is -0.208. The number of ether oxygens (including phenoxy) is 3. The number of hydrogen-bond donors (Lipinski definition) is 2. The van der Waals surface area contributed by atoms with Gasteiger partial charge in [0.15, 0.2) is 6.29 Å². The van der Waals surface area contributed by atoms with Crippen LogP contribution in [0.5, 0.6) is 0 Å². The van der Waals surface area contributed by atoms with Gasteiger partial charge in [0.05, 0.1) is 32.0 Å². The molecule has 0 aliphatic carbocycles. The molecule has 0 aromatic heterocycles. The summed E-state index contributed by atoms with van der Waals surface area (Å²) in [5.41, 5.74) is 0. The van der Waals surface area contributed by atoms with Gasteiger partial charge in [0.2, 0.25) is 0 Å². The van der Waals surface area contributed by atoms with E-state index in [2.05, 4.69) is 0 Å². The van der Waals surface area contributed by atoms with Crippen molar-refractivity contribution in [2.45, 2.75) is 52.3 Å². The predicted molar refractivity (Wildman–Crippen MR) is 60.1 cm³/mol. The Labute approximate surface area is 97.3 Å². The summed E-state index contributed by atoms with van der Waals surface area (Å²) >= 11 is 0. The van der Waals surface area contributed by atoms with E-state index < -0.39 is 12.4 Å². The normalized spacial score (nSPS) is 14.1. The SMILES string of the molecule is CC(C)OC(COCC(O)CO)OC(C)C. The molecule has 0 radical (unpaired) electrons. The van der Waals surface area contributed by atoms with Crippen molar-refractivity contribution >= 4 is 0 Å². The molecule has 0 rings (SSSR count). The molecule has 1 unspecified atom stereocenters. The van der Waals surface area contributed by atoms with E-state index in [1.807, 2.05) is 27.7 Å². The van der Waals surface area contributed by atoms with Gasteiger partial charge in [-0.1, -0.05) is 0 Å². The minimum Gasteiger partial charge on any atom is -0.394 e. The highest BCUT2D eigenvalue weighted by atomic mass is 16.7. The Kier molecular flexibility index (Phi) is 8.78. The average Bonchev–Trinajstić information content (AvgIpc) is 2.15. The zero-order valence-electron chi connectivity index (χ0n) is 10.5. The van der Waals surface area contributed by atoms with Crippen LogP contribution in [0.15, 0.2) is 0 Å². The highest BCUT2D eigenvalue weighted by molar-refractivity contribution is 4.52. The van der Waals surface area contributed by atoms with Gasteiger partial charge in [0.25, 0.3) is 0 Å². The first-order chi connectivity index (χ1) is 7.45. The van der Waals surface area contributed by atoms with Crippen molar-refractivity contribution in [3.63, 3.8) is 0 Å². The maximum absolute atomic E-state index is 9.08. The Bertz CT molecular complexity index is 150. The summed E-state index contributed by atoms with van der Waals surface area (Å²) < 4.78 is 16.2. The second-order valence-electron chi connectivity index (χ2n) is 4.17. The highest BCUT2D eigenvalue weighted by Gasteiger charge is 2.14. The third kappa shape index (κ3) is 9.06. The van der Waals surface area contributed by atoms with Crippen LogP contribution in [0.2, 0.25) is 0 Å². The van der Waals surface area contributed by atoms with Crippen LogP contribution in [0.3, 0.4) is 0 Å². The van der Waals surface area contributed by atoms with Gasteiger partial charge >= 0.3 is 0 Å². The highest BCUT2D eigenvalue weighted by Crippen LogP contribution is 2.04. The van der Waals surface area contributed by atoms with E-state index in [4.69, 9.17) is 24.4 Å². The molecule has 98 valence electrons. The van der Waals surface area contributed by atoms with Gasteiger partial charge in [0, 0.05) is 0 Å². The summed E-state index contributed by atoms with van der Waals surface area (Å²) in [4.78, 5) is 0. The van der Waals surface area contributed by atoms with E-state index in [0.29, 0.717) is 0 Å². The van der Waals surface area contributed by atoms with Crippen LogP contribution in [0.4, 0.5) is 0 Å². The molecular formula is C11H24O5. The van der Waals surface area contributed by atoms with Crippen molar-refractivity contribution in [1.29, 1.82) is 0 Å². The smallest absolute Gasteiger partial charge is 0.181 e. The van der Waals surface area contributed by atoms with Crippen LogP contribution in [-0.2, 0) is 14.2 Å². The quantitative estimate of drug-likeness (QED) is 0.572. The van der Waals surface area contributed by atoms with Gasteiger partial charge in [-0.3, -0.25) is 0 Å². The van der Waals surface area contributed by atoms with Crippen LogP contribution < -0.4 is 0 Å². The van der Waals surface area contributed by atoms with Crippen LogP contribution in [0.1, 0.15) is 27.7 Å². The van der Waals surface area contributed by atoms with Gasteiger partial charge in [-0.05, 0) is 27.7 Å². The molecule has 0 heterocycles. The molecule has 5 heteroatoms. The molecule has 0 saturated heterocycles. The number of hydrogen-bond acceptors (Lipinski definition) is 5. The summed E-state index contributed by atoms with van der Waals surface area (Å²) in [5.74, 6) is 0. The lowest BCUT2D eigenvalue weighted by Crippen LogP contribution is -2.31. The fourth-order valence-electron chi connectivity index (χ4n) is 1.07. The maximum Gasteiger partial charge on any atom is 0.181 e. The van der Waals surface area contributed by atoms with Crippen molar-refractivity contribution in [2.75, 3.05) is 19.8 Å². The monoisotopic (exact) mass is 236 g/mol. The molecule has 0 spiro atoms. The van der Waals surface area contributed by atoms with Crippen LogP contribution >= 0.6 is 0 Å². The van der Waals surface area contributed by atoms with E-state index in [-0.39, 0.29) is 32.0 Å². The average molecular weight is 236 g/mol.